The molecule has 0 amide bonds. The van der Waals surface area contributed by atoms with E-state index in [9.17, 15) is 4.79 Å². The van der Waals surface area contributed by atoms with E-state index in [1.165, 1.54) is 0 Å². The van der Waals surface area contributed by atoms with Crippen LogP contribution in [0.2, 0.25) is 0 Å². The average Bonchev–Trinajstić information content (AvgIpc) is 2.20. The second-order valence-corrected chi connectivity index (χ2v) is 3.15. The van der Waals surface area contributed by atoms with Crippen molar-refractivity contribution in [3.63, 3.8) is 0 Å². The Kier molecular flexibility index (Phi) is 4.12. The summed E-state index contributed by atoms with van der Waals surface area (Å²) in [5.41, 5.74) is 1.63. The zero-order valence-corrected chi connectivity index (χ0v) is 8.82. The van der Waals surface area contributed by atoms with Crippen LogP contribution in [0.3, 0.4) is 0 Å². The molecule has 0 aromatic heterocycles. The maximum absolute atomic E-state index is 10.5. The van der Waals surface area contributed by atoms with Gasteiger partial charge in [-0.25, -0.2) is 0 Å². The van der Waals surface area contributed by atoms with E-state index < -0.39 is 5.97 Å². The van der Waals surface area contributed by atoms with E-state index >= 15 is 0 Å². The molecule has 82 valence electrons. The van der Waals surface area contributed by atoms with E-state index in [0.29, 0.717) is 12.4 Å². The van der Waals surface area contributed by atoms with Crippen molar-refractivity contribution < 1.29 is 19.4 Å². The van der Waals surface area contributed by atoms with Crippen LogP contribution in [0.1, 0.15) is 11.1 Å². The fraction of sp³-hybridized carbons (Fsp3) is 0.364. The monoisotopic (exact) mass is 210 g/mol. The zero-order chi connectivity index (χ0) is 11.3. The number of aliphatic carboxylic acids is 1. The van der Waals surface area contributed by atoms with Crippen LogP contribution in [-0.2, 0) is 22.6 Å². The van der Waals surface area contributed by atoms with E-state index in [4.69, 9.17) is 14.6 Å². The minimum absolute atomic E-state index is 0.00359. The molecule has 1 aromatic carbocycles. The molecule has 1 N–H and O–H groups in total. The lowest BCUT2D eigenvalue weighted by molar-refractivity contribution is -0.136. The Morgan fingerprint density at radius 3 is 2.67 bits per heavy atom. The molecular weight excluding hydrogens is 196 g/mol. The van der Waals surface area contributed by atoms with Gasteiger partial charge in [0, 0.05) is 12.7 Å². The van der Waals surface area contributed by atoms with E-state index in [2.05, 4.69) is 0 Å². The molecule has 1 aromatic rings. The van der Waals surface area contributed by atoms with Crippen molar-refractivity contribution >= 4 is 5.97 Å². The molecule has 0 aliphatic rings. The first-order valence-corrected chi connectivity index (χ1v) is 4.54. The Balaban J connectivity index is 2.91. The Hall–Kier alpha value is -1.55. The van der Waals surface area contributed by atoms with E-state index in [1.807, 2.05) is 6.07 Å². The number of methoxy groups -OCH3 is 2. The second kappa shape index (κ2) is 5.36. The first-order valence-electron chi connectivity index (χ1n) is 4.54. The summed E-state index contributed by atoms with van der Waals surface area (Å²) in [5.74, 6) is -0.188. The van der Waals surface area contributed by atoms with Crippen LogP contribution >= 0.6 is 0 Å². The maximum Gasteiger partial charge on any atom is 0.307 e. The molecule has 0 unspecified atom stereocenters. The molecule has 1 rings (SSSR count). The normalized spacial score (nSPS) is 10.0. The summed E-state index contributed by atoms with van der Waals surface area (Å²) in [6.07, 6.45) is 0.00359. The summed E-state index contributed by atoms with van der Waals surface area (Å²) in [5, 5.41) is 8.64. The summed E-state index contributed by atoms with van der Waals surface area (Å²) >= 11 is 0. The molecule has 0 spiro atoms. The molecule has 0 aliphatic carbocycles. The molecule has 4 nitrogen and oxygen atoms in total. The van der Waals surface area contributed by atoms with E-state index in [0.717, 1.165) is 11.1 Å². The highest BCUT2D eigenvalue weighted by Gasteiger charge is 2.06. The lowest BCUT2D eigenvalue weighted by Gasteiger charge is -2.09. The predicted octanol–water partition coefficient (Wildman–Crippen LogP) is 1.47. The molecule has 15 heavy (non-hydrogen) atoms. The average molecular weight is 210 g/mol. The largest absolute Gasteiger partial charge is 0.496 e. The topological polar surface area (TPSA) is 55.8 Å². The fourth-order valence-electron chi connectivity index (χ4n) is 1.35. The number of ether oxygens (including phenoxy) is 2. The van der Waals surface area contributed by atoms with Gasteiger partial charge in [-0.3, -0.25) is 4.79 Å². The van der Waals surface area contributed by atoms with Gasteiger partial charge < -0.3 is 14.6 Å². The van der Waals surface area contributed by atoms with Crippen LogP contribution < -0.4 is 4.74 Å². The first kappa shape index (κ1) is 11.5. The number of carboxylic acids is 1. The Labute approximate surface area is 88.4 Å². The minimum atomic E-state index is -0.850. The number of rotatable bonds is 5. The summed E-state index contributed by atoms with van der Waals surface area (Å²) in [7, 11) is 3.16. The third-order valence-corrected chi connectivity index (χ3v) is 2.01. The van der Waals surface area contributed by atoms with Crippen molar-refractivity contribution in [3.8, 4) is 5.75 Å². The molecule has 0 radical (unpaired) electrons. The molecule has 4 heteroatoms. The van der Waals surface area contributed by atoms with Gasteiger partial charge in [0.25, 0.3) is 0 Å². The van der Waals surface area contributed by atoms with Crippen LogP contribution in [0.5, 0.6) is 5.75 Å². The third-order valence-electron chi connectivity index (χ3n) is 2.01. The number of carbonyl (C=O) groups is 1. The first-order chi connectivity index (χ1) is 7.17. The van der Waals surface area contributed by atoms with Gasteiger partial charge in [-0.2, -0.15) is 0 Å². The Morgan fingerprint density at radius 2 is 2.13 bits per heavy atom. The van der Waals surface area contributed by atoms with Crippen LogP contribution in [0.25, 0.3) is 0 Å². The highest BCUT2D eigenvalue weighted by atomic mass is 16.5. The minimum Gasteiger partial charge on any atom is -0.496 e. The number of benzene rings is 1. The van der Waals surface area contributed by atoms with Gasteiger partial charge in [0.1, 0.15) is 5.75 Å². The van der Waals surface area contributed by atoms with Crippen molar-refractivity contribution in [1.29, 1.82) is 0 Å². The Bertz CT molecular complexity index is 346. The third kappa shape index (κ3) is 3.25. The summed E-state index contributed by atoms with van der Waals surface area (Å²) in [6, 6.07) is 5.31. The molecule has 0 aliphatic heterocycles. The van der Waals surface area contributed by atoms with Gasteiger partial charge in [-0.1, -0.05) is 12.1 Å². The number of hydrogen-bond donors (Lipinski definition) is 1. The van der Waals surface area contributed by atoms with Crippen LogP contribution in [0, 0.1) is 0 Å². The summed E-state index contributed by atoms with van der Waals surface area (Å²) in [6.45, 7) is 0.455. The highest BCUT2D eigenvalue weighted by Crippen LogP contribution is 2.21. The second-order valence-electron chi connectivity index (χ2n) is 3.15. The van der Waals surface area contributed by atoms with Gasteiger partial charge in [0.15, 0.2) is 0 Å². The van der Waals surface area contributed by atoms with Gasteiger partial charge in [-0.15, -0.1) is 0 Å². The van der Waals surface area contributed by atoms with Crippen molar-refractivity contribution in [2.75, 3.05) is 14.2 Å². The quantitative estimate of drug-likeness (QED) is 0.799. The lowest BCUT2D eigenvalue weighted by Crippen LogP contribution is -2.01. The van der Waals surface area contributed by atoms with Crippen molar-refractivity contribution in [1.82, 2.24) is 0 Å². The molecule has 0 saturated carbocycles. The van der Waals surface area contributed by atoms with Crippen molar-refractivity contribution in [3.05, 3.63) is 29.3 Å². The predicted molar refractivity (Wildman–Crippen MR) is 55.0 cm³/mol. The SMILES string of the molecule is COCc1ccc(CC(=O)O)cc1OC. The molecule has 0 bridgehead atoms. The van der Waals surface area contributed by atoms with Crippen LogP contribution in [-0.4, -0.2) is 25.3 Å². The molecule has 0 saturated heterocycles. The fourth-order valence-corrected chi connectivity index (χ4v) is 1.35. The van der Waals surface area contributed by atoms with Gasteiger partial charge >= 0.3 is 5.97 Å². The number of hydrogen-bond acceptors (Lipinski definition) is 3. The highest BCUT2D eigenvalue weighted by molar-refractivity contribution is 5.70. The summed E-state index contributed by atoms with van der Waals surface area (Å²) < 4.78 is 10.1. The van der Waals surface area contributed by atoms with Gasteiger partial charge in [0.05, 0.1) is 20.1 Å². The Morgan fingerprint density at radius 1 is 1.40 bits per heavy atom. The van der Waals surface area contributed by atoms with Gasteiger partial charge in [-0.05, 0) is 11.6 Å². The summed E-state index contributed by atoms with van der Waals surface area (Å²) in [4.78, 5) is 10.5. The zero-order valence-electron chi connectivity index (χ0n) is 8.82. The van der Waals surface area contributed by atoms with Crippen LogP contribution in [0.4, 0.5) is 0 Å². The van der Waals surface area contributed by atoms with Crippen molar-refractivity contribution in [2.45, 2.75) is 13.0 Å². The molecule has 0 atom stereocenters. The standard InChI is InChI=1S/C11H14O4/c1-14-7-9-4-3-8(6-11(12)13)5-10(9)15-2/h3-5H,6-7H2,1-2H3,(H,12,13). The van der Waals surface area contributed by atoms with Gasteiger partial charge in [0.2, 0.25) is 0 Å². The smallest absolute Gasteiger partial charge is 0.307 e. The molecule has 0 fully saturated rings. The molecular formula is C11H14O4. The molecule has 0 heterocycles. The van der Waals surface area contributed by atoms with Crippen molar-refractivity contribution in [2.24, 2.45) is 0 Å². The maximum atomic E-state index is 10.5. The lowest BCUT2D eigenvalue weighted by atomic mass is 10.1. The van der Waals surface area contributed by atoms with E-state index in [1.54, 1.807) is 26.4 Å². The number of carboxylic acid groups (broad SMARTS) is 1. The van der Waals surface area contributed by atoms with Crippen LogP contribution in [0.15, 0.2) is 18.2 Å². The van der Waals surface area contributed by atoms with E-state index in [-0.39, 0.29) is 6.42 Å².